The molecule has 1 aromatic carbocycles. The maximum atomic E-state index is 5.96. The van der Waals surface area contributed by atoms with Crippen molar-refractivity contribution in [1.29, 1.82) is 0 Å². The third kappa shape index (κ3) is 2.32. The molecule has 3 rings (SSSR count). The van der Waals surface area contributed by atoms with Gasteiger partial charge in [-0.2, -0.15) is 0 Å². The fraction of sp³-hybridized carbons (Fsp3) is 0.647. The molecule has 0 spiro atoms. The average Bonchev–Trinajstić information content (AvgIpc) is 2.27. The highest BCUT2D eigenvalue weighted by atomic mass is 16.5. The van der Waals surface area contributed by atoms with Gasteiger partial charge in [0.15, 0.2) is 0 Å². The third-order valence-corrected chi connectivity index (χ3v) is 4.85. The van der Waals surface area contributed by atoms with Crippen LogP contribution in [0.5, 0.6) is 0 Å². The normalized spacial score (nSPS) is 28.8. The van der Waals surface area contributed by atoms with Crippen LogP contribution < -0.4 is 5.73 Å². The standard InChI is InChI=1S/C17H25NO/c1-12(2)7-13-3-5-14(6-4-13)17(10-19-11-17)15-8-16(18)9-15/h3-6,12,15-16H,7-11,18H2,1-2H3. The smallest absolute Gasteiger partial charge is 0.0588 e. The van der Waals surface area contributed by atoms with Crippen LogP contribution in [0.25, 0.3) is 0 Å². The Bertz CT molecular complexity index is 427. The molecular weight excluding hydrogens is 234 g/mol. The fourth-order valence-corrected chi connectivity index (χ4v) is 3.52. The van der Waals surface area contributed by atoms with Crippen molar-refractivity contribution >= 4 is 0 Å². The van der Waals surface area contributed by atoms with Crippen LogP contribution in [-0.2, 0) is 16.6 Å². The molecule has 1 saturated heterocycles. The predicted molar refractivity (Wildman–Crippen MR) is 78.2 cm³/mol. The molecule has 2 aliphatic rings. The Labute approximate surface area is 116 Å². The Balaban J connectivity index is 1.76. The Morgan fingerprint density at radius 3 is 2.26 bits per heavy atom. The molecule has 0 unspecified atom stereocenters. The number of hydrogen-bond acceptors (Lipinski definition) is 2. The molecule has 0 bridgehead atoms. The van der Waals surface area contributed by atoms with Gasteiger partial charge in [-0.05, 0) is 42.2 Å². The zero-order chi connectivity index (χ0) is 13.5. The van der Waals surface area contributed by atoms with Crippen molar-refractivity contribution in [3.63, 3.8) is 0 Å². The molecule has 1 saturated carbocycles. The van der Waals surface area contributed by atoms with Crippen molar-refractivity contribution in [3.8, 4) is 0 Å². The van der Waals surface area contributed by atoms with Crippen LogP contribution in [0.3, 0.4) is 0 Å². The van der Waals surface area contributed by atoms with Gasteiger partial charge < -0.3 is 10.5 Å². The minimum atomic E-state index is 0.270. The van der Waals surface area contributed by atoms with Gasteiger partial charge in [-0.3, -0.25) is 0 Å². The lowest BCUT2D eigenvalue weighted by Crippen LogP contribution is -2.58. The lowest BCUT2D eigenvalue weighted by atomic mass is 9.59. The number of rotatable bonds is 4. The van der Waals surface area contributed by atoms with E-state index in [4.69, 9.17) is 10.5 Å². The Morgan fingerprint density at radius 2 is 1.84 bits per heavy atom. The van der Waals surface area contributed by atoms with E-state index in [0.717, 1.165) is 44.3 Å². The van der Waals surface area contributed by atoms with Crippen molar-refractivity contribution in [3.05, 3.63) is 35.4 Å². The van der Waals surface area contributed by atoms with Crippen LogP contribution in [0.15, 0.2) is 24.3 Å². The van der Waals surface area contributed by atoms with Crippen molar-refractivity contribution < 1.29 is 4.74 Å². The van der Waals surface area contributed by atoms with Crippen molar-refractivity contribution in [2.45, 2.75) is 44.6 Å². The molecule has 1 aliphatic carbocycles. The summed E-state index contributed by atoms with van der Waals surface area (Å²) >= 11 is 0. The summed E-state index contributed by atoms with van der Waals surface area (Å²) < 4.78 is 5.54. The van der Waals surface area contributed by atoms with Crippen LogP contribution >= 0.6 is 0 Å². The highest BCUT2D eigenvalue weighted by molar-refractivity contribution is 5.33. The van der Waals surface area contributed by atoms with Crippen molar-refractivity contribution in [1.82, 2.24) is 0 Å². The maximum Gasteiger partial charge on any atom is 0.0588 e. The van der Waals surface area contributed by atoms with E-state index in [2.05, 4.69) is 38.1 Å². The summed E-state index contributed by atoms with van der Waals surface area (Å²) in [6.45, 7) is 6.30. The molecule has 104 valence electrons. The third-order valence-electron chi connectivity index (χ3n) is 4.85. The summed E-state index contributed by atoms with van der Waals surface area (Å²) in [5, 5.41) is 0. The van der Waals surface area contributed by atoms with E-state index in [0.29, 0.717) is 6.04 Å². The molecule has 0 atom stereocenters. The highest BCUT2D eigenvalue weighted by Crippen LogP contribution is 2.48. The van der Waals surface area contributed by atoms with Gasteiger partial charge in [-0.25, -0.2) is 0 Å². The Morgan fingerprint density at radius 1 is 1.21 bits per heavy atom. The molecule has 2 nitrogen and oxygen atoms in total. The molecule has 19 heavy (non-hydrogen) atoms. The molecule has 2 fully saturated rings. The van der Waals surface area contributed by atoms with Gasteiger partial charge in [0, 0.05) is 11.5 Å². The van der Waals surface area contributed by atoms with E-state index < -0.39 is 0 Å². The minimum absolute atomic E-state index is 0.270. The number of nitrogens with two attached hydrogens (primary N) is 1. The summed E-state index contributed by atoms with van der Waals surface area (Å²) in [5.41, 5.74) is 9.14. The van der Waals surface area contributed by atoms with E-state index in [1.807, 2.05) is 0 Å². The van der Waals surface area contributed by atoms with Gasteiger partial charge in [-0.15, -0.1) is 0 Å². The summed E-state index contributed by atoms with van der Waals surface area (Å²) in [6.07, 6.45) is 3.49. The van der Waals surface area contributed by atoms with Gasteiger partial charge in [-0.1, -0.05) is 38.1 Å². The van der Waals surface area contributed by atoms with E-state index >= 15 is 0 Å². The van der Waals surface area contributed by atoms with Crippen molar-refractivity contribution in [2.75, 3.05) is 13.2 Å². The molecule has 1 aromatic rings. The molecule has 1 heterocycles. The SMILES string of the molecule is CC(C)Cc1ccc(C2(C3CC(N)C3)COC2)cc1. The van der Waals surface area contributed by atoms with Gasteiger partial charge in [0.25, 0.3) is 0 Å². The van der Waals surface area contributed by atoms with E-state index in [1.54, 1.807) is 0 Å². The van der Waals surface area contributed by atoms with Crippen LogP contribution in [-0.4, -0.2) is 19.3 Å². The zero-order valence-electron chi connectivity index (χ0n) is 12.1. The molecule has 0 radical (unpaired) electrons. The number of hydrogen-bond donors (Lipinski definition) is 1. The molecule has 2 N–H and O–H groups in total. The first-order chi connectivity index (χ1) is 9.10. The van der Waals surface area contributed by atoms with Gasteiger partial charge in [0.2, 0.25) is 0 Å². The Kier molecular flexibility index (Phi) is 3.40. The first-order valence-electron chi connectivity index (χ1n) is 7.53. The lowest BCUT2D eigenvalue weighted by molar-refractivity contribution is -0.111. The van der Waals surface area contributed by atoms with Crippen LogP contribution in [0.2, 0.25) is 0 Å². The molecule has 1 aliphatic heterocycles. The van der Waals surface area contributed by atoms with Gasteiger partial charge >= 0.3 is 0 Å². The molecule has 0 amide bonds. The monoisotopic (exact) mass is 259 g/mol. The Hall–Kier alpha value is -0.860. The van der Waals surface area contributed by atoms with Gasteiger partial charge in [0.05, 0.1) is 13.2 Å². The van der Waals surface area contributed by atoms with Crippen molar-refractivity contribution in [2.24, 2.45) is 17.6 Å². The highest BCUT2D eigenvalue weighted by Gasteiger charge is 2.51. The zero-order valence-corrected chi connectivity index (χ0v) is 12.1. The number of benzene rings is 1. The van der Waals surface area contributed by atoms with E-state index in [9.17, 15) is 0 Å². The molecule has 0 aromatic heterocycles. The predicted octanol–water partition coefficient (Wildman–Crippen LogP) is 2.89. The summed E-state index contributed by atoms with van der Waals surface area (Å²) in [6, 6.07) is 9.67. The fourth-order valence-electron chi connectivity index (χ4n) is 3.52. The minimum Gasteiger partial charge on any atom is -0.379 e. The largest absolute Gasteiger partial charge is 0.379 e. The topological polar surface area (TPSA) is 35.2 Å². The lowest BCUT2D eigenvalue weighted by Gasteiger charge is -2.53. The van der Waals surface area contributed by atoms with Crippen LogP contribution in [0, 0.1) is 11.8 Å². The van der Waals surface area contributed by atoms with Crippen LogP contribution in [0.4, 0.5) is 0 Å². The van der Waals surface area contributed by atoms with E-state index in [-0.39, 0.29) is 5.41 Å². The summed E-state index contributed by atoms with van der Waals surface area (Å²) in [7, 11) is 0. The molecule has 2 heteroatoms. The maximum absolute atomic E-state index is 5.96. The average molecular weight is 259 g/mol. The molecular formula is C17H25NO. The first-order valence-corrected chi connectivity index (χ1v) is 7.53. The first kappa shape index (κ1) is 13.1. The van der Waals surface area contributed by atoms with Crippen LogP contribution in [0.1, 0.15) is 37.8 Å². The second-order valence-corrected chi connectivity index (χ2v) is 6.87. The second-order valence-electron chi connectivity index (χ2n) is 6.87. The summed E-state index contributed by atoms with van der Waals surface area (Å²) in [5.74, 6) is 1.45. The van der Waals surface area contributed by atoms with Gasteiger partial charge in [0.1, 0.15) is 0 Å². The summed E-state index contributed by atoms with van der Waals surface area (Å²) in [4.78, 5) is 0. The second kappa shape index (κ2) is 4.92. The van der Waals surface area contributed by atoms with E-state index in [1.165, 1.54) is 11.1 Å². The quantitative estimate of drug-likeness (QED) is 0.902. The number of ether oxygens (including phenoxy) is 1.